The molecular formula is C14H26N2O2. The third-order valence-corrected chi connectivity index (χ3v) is 4.33. The van der Waals surface area contributed by atoms with Crippen molar-refractivity contribution in [1.29, 1.82) is 0 Å². The average Bonchev–Trinajstić information content (AvgIpc) is 2.87. The van der Waals surface area contributed by atoms with Gasteiger partial charge in [0, 0.05) is 19.6 Å². The second-order valence-electron chi connectivity index (χ2n) is 5.80. The van der Waals surface area contributed by atoms with Crippen LogP contribution in [0.5, 0.6) is 0 Å². The van der Waals surface area contributed by atoms with Crippen molar-refractivity contribution in [1.82, 2.24) is 10.6 Å². The van der Waals surface area contributed by atoms with Crippen molar-refractivity contribution in [3.8, 4) is 0 Å². The Morgan fingerprint density at radius 2 is 2.11 bits per heavy atom. The van der Waals surface area contributed by atoms with Gasteiger partial charge < -0.3 is 15.4 Å². The minimum Gasteiger partial charge on any atom is -0.383 e. The molecule has 2 fully saturated rings. The monoisotopic (exact) mass is 254 g/mol. The first kappa shape index (κ1) is 13.8. The van der Waals surface area contributed by atoms with Gasteiger partial charge in [-0.2, -0.15) is 0 Å². The van der Waals surface area contributed by atoms with Crippen LogP contribution in [0.4, 0.5) is 0 Å². The molecule has 0 radical (unpaired) electrons. The molecule has 18 heavy (non-hydrogen) atoms. The van der Waals surface area contributed by atoms with E-state index < -0.39 is 0 Å². The topological polar surface area (TPSA) is 50.4 Å². The van der Waals surface area contributed by atoms with Crippen LogP contribution in [0.2, 0.25) is 0 Å². The SMILES string of the molecule is COCC1(CNC(=O)C2CCCCC2)CCCN1. The first-order valence-electron chi connectivity index (χ1n) is 7.27. The van der Waals surface area contributed by atoms with Crippen molar-refractivity contribution in [3.05, 3.63) is 0 Å². The van der Waals surface area contributed by atoms with E-state index in [1.165, 1.54) is 25.7 Å². The predicted molar refractivity (Wildman–Crippen MR) is 71.4 cm³/mol. The molecule has 4 nitrogen and oxygen atoms in total. The van der Waals surface area contributed by atoms with Crippen LogP contribution in [-0.4, -0.2) is 38.3 Å². The minimum atomic E-state index is -0.0287. The second-order valence-corrected chi connectivity index (χ2v) is 5.80. The summed E-state index contributed by atoms with van der Waals surface area (Å²) >= 11 is 0. The van der Waals surface area contributed by atoms with E-state index in [2.05, 4.69) is 10.6 Å². The Labute approximate surface area is 110 Å². The standard InChI is InChI=1S/C14H26N2O2/c1-18-11-14(8-5-9-16-14)10-15-13(17)12-6-3-2-4-7-12/h12,16H,2-11H2,1H3,(H,15,17). The molecule has 2 rings (SSSR count). The quantitative estimate of drug-likeness (QED) is 0.781. The van der Waals surface area contributed by atoms with Crippen LogP contribution >= 0.6 is 0 Å². The van der Waals surface area contributed by atoms with Crippen LogP contribution in [0.15, 0.2) is 0 Å². The maximum Gasteiger partial charge on any atom is 0.223 e. The van der Waals surface area contributed by atoms with Crippen molar-refractivity contribution in [2.45, 2.75) is 50.5 Å². The fourth-order valence-electron chi connectivity index (χ4n) is 3.24. The van der Waals surface area contributed by atoms with E-state index in [0.29, 0.717) is 13.2 Å². The summed E-state index contributed by atoms with van der Waals surface area (Å²) in [5.74, 6) is 0.499. The van der Waals surface area contributed by atoms with Gasteiger partial charge >= 0.3 is 0 Å². The van der Waals surface area contributed by atoms with Crippen molar-refractivity contribution >= 4 is 5.91 Å². The molecular weight excluding hydrogens is 228 g/mol. The number of carbonyl (C=O) groups is 1. The molecule has 0 spiro atoms. The highest BCUT2D eigenvalue weighted by Gasteiger charge is 2.34. The number of carbonyl (C=O) groups excluding carboxylic acids is 1. The van der Waals surface area contributed by atoms with Crippen LogP contribution in [0.25, 0.3) is 0 Å². The van der Waals surface area contributed by atoms with E-state index in [4.69, 9.17) is 4.74 Å². The Bertz CT molecular complexity index is 269. The minimum absolute atomic E-state index is 0.0287. The number of ether oxygens (including phenoxy) is 1. The van der Waals surface area contributed by atoms with E-state index in [9.17, 15) is 4.79 Å². The molecule has 1 saturated carbocycles. The maximum atomic E-state index is 12.1. The lowest BCUT2D eigenvalue weighted by Crippen LogP contribution is -2.53. The number of methoxy groups -OCH3 is 1. The average molecular weight is 254 g/mol. The fourth-order valence-corrected chi connectivity index (χ4v) is 3.24. The number of hydrogen-bond donors (Lipinski definition) is 2. The largest absolute Gasteiger partial charge is 0.383 e. The molecule has 0 aromatic heterocycles. The van der Waals surface area contributed by atoms with Gasteiger partial charge in [0.15, 0.2) is 0 Å². The van der Waals surface area contributed by atoms with Crippen molar-refractivity contribution < 1.29 is 9.53 Å². The molecule has 0 bridgehead atoms. The molecule has 104 valence electrons. The Kier molecular flexibility index (Phi) is 5.01. The third-order valence-electron chi connectivity index (χ3n) is 4.33. The normalized spacial score (nSPS) is 29.4. The van der Waals surface area contributed by atoms with Crippen molar-refractivity contribution in [3.63, 3.8) is 0 Å². The Balaban J connectivity index is 1.79. The van der Waals surface area contributed by atoms with Gasteiger partial charge in [0.1, 0.15) is 0 Å². The summed E-state index contributed by atoms with van der Waals surface area (Å²) in [5, 5.41) is 6.63. The lowest BCUT2D eigenvalue weighted by atomic mass is 9.88. The van der Waals surface area contributed by atoms with Gasteiger partial charge in [0.2, 0.25) is 5.91 Å². The van der Waals surface area contributed by atoms with Gasteiger partial charge in [-0.05, 0) is 32.2 Å². The summed E-state index contributed by atoms with van der Waals surface area (Å²) in [6.45, 7) is 2.41. The molecule has 4 heteroatoms. The number of amides is 1. The molecule has 1 heterocycles. The van der Waals surface area contributed by atoms with E-state index in [-0.39, 0.29) is 17.4 Å². The van der Waals surface area contributed by atoms with Gasteiger partial charge in [-0.3, -0.25) is 4.79 Å². The first-order valence-corrected chi connectivity index (χ1v) is 7.27. The summed E-state index contributed by atoms with van der Waals surface area (Å²) in [4.78, 5) is 12.1. The lowest BCUT2D eigenvalue weighted by Gasteiger charge is -2.30. The highest BCUT2D eigenvalue weighted by molar-refractivity contribution is 5.78. The smallest absolute Gasteiger partial charge is 0.223 e. The highest BCUT2D eigenvalue weighted by atomic mass is 16.5. The molecule has 2 N–H and O–H groups in total. The van der Waals surface area contributed by atoms with Crippen molar-refractivity contribution in [2.24, 2.45) is 5.92 Å². The van der Waals surface area contributed by atoms with Crippen LogP contribution < -0.4 is 10.6 Å². The third kappa shape index (κ3) is 3.45. The maximum absolute atomic E-state index is 12.1. The van der Waals surface area contributed by atoms with Gasteiger partial charge in [0.25, 0.3) is 0 Å². The molecule has 1 unspecified atom stereocenters. The van der Waals surface area contributed by atoms with Crippen LogP contribution in [-0.2, 0) is 9.53 Å². The fraction of sp³-hybridized carbons (Fsp3) is 0.929. The van der Waals surface area contributed by atoms with Crippen LogP contribution in [0.1, 0.15) is 44.9 Å². The summed E-state index contributed by atoms with van der Waals surface area (Å²) in [6, 6.07) is 0. The summed E-state index contributed by atoms with van der Waals surface area (Å²) in [7, 11) is 1.73. The Morgan fingerprint density at radius 3 is 2.72 bits per heavy atom. The number of rotatable bonds is 5. The summed E-state index contributed by atoms with van der Waals surface area (Å²) in [6.07, 6.45) is 8.10. The Morgan fingerprint density at radius 1 is 1.33 bits per heavy atom. The summed E-state index contributed by atoms with van der Waals surface area (Å²) in [5.41, 5.74) is -0.0287. The predicted octanol–water partition coefficient (Wildman–Crippen LogP) is 1.45. The van der Waals surface area contributed by atoms with Gasteiger partial charge in [-0.1, -0.05) is 19.3 Å². The van der Waals surface area contributed by atoms with Gasteiger partial charge in [-0.25, -0.2) is 0 Å². The lowest BCUT2D eigenvalue weighted by molar-refractivity contribution is -0.126. The van der Waals surface area contributed by atoms with Crippen LogP contribution in [0, 0.1) is 5.92 Å². The molecule has 0 aromatic rings. The molecule has 1 saturated heterocycles. The number of nitrogens with one attached hydrogen (secondary N) is 2. The van der Waals surface area contributed by atoms with E-state index >= 15 is 0 Å². The highest BCUT2D eigenvalue weighted by Crippen LogP contribution is 2.24. The molecule has 1 atom stereocenters. The Hall–Kier alpha value is -0.610. The molecule has 2 aliphatic rings. The first-order chi connectivity index (χ1) is 8.76. The van der Waals surface area contributed by atoms with Gasteiger partial charge in [0.05, 0.1) is 12.1 Å². The van der Waals surface area contributed by atoms with E-state index in [0.717, 1.165) is 25.8 Å². The van der Waals surface area contributed by atoms with Gasteiger partial charge in [-0.15, -0.1) is 0 Å². The van der Waals surface area contributed by atoms with Crippen LogP contribution in [0.3, 0.4) is 0 Å². The molecule has 1 aliphatic carbocycles. The number of hydrogen-bond acceptors (Lipinski definition) is 3. The molecule has 0 aromatic carbocycles. The zero-order valence-corrected chi connectivity index (χ0v) is 11.5. The van der Waals surface area contributed by atoms with E-state index in [1.54, 1.807) is 7.11 Å². The zero-order chi connectivity index (χ0) is 12.8. The van der Waals surface area contributed by atoms with Crippen molar-refractivity contribution in [2.75, 3.05) is 26.8 Å². The van der Waals surface area contributed by atoms with E-state index in [1.807, 2.05) is 0 Å². The molecule has 1 amide bonds. The second kappa shape index (κ2) is 6.53. The molecule has 1 aliphatic heterocycles. The summed E-state index contributed by atoms with van der Waals surface area (Å²) < 4.78 is 5.29. The zero-order valence-electron chi connectivity index (χ0n) is 11.5.